The van der Waals surface area contributed by atoms with Crippen molar-refractivity contribution in [3.05, 3.63) is 0 Å². The summed E-state index contributed by atoms with van der Waals surface area (Å²) in [5, 5.41) is 5.06. The normalized spacial score (nSPS) is 17.2. The molecule has 102 valence electrons. The number of likely N-dealkylation sites (tertiary alicyclic amines) is 1. The molecule has 1 aliphatic heterocycles. The monoisotopic (exact) mass is 255 g/mol. The van der Waals surface area contributed by atoms with Crippen LogP contribution in [-0.2, 0) is 14.4 Å². The predicted octanol–water partition coefficient (Wildman–Crippen LogP) is -0.360. The lowest BCUT2D eigenvalue weighted by Crippen LogP contribution is -2.45. The van der Waals surface area contributed by atoms with Crippen LogP contribution in [0.25, 0.3) is 0 Å². The zero-order valence-electron chi connectivity index (χ0n) is 11.0. The van der Waals surface area contributed by atoms with Crippen molar-refractivity contribution in [2.24, 2.45) is 0 Å². The lowest BCUT2D eigenvalue weighted by atomic mass is 10.1. The number of piperidine rings is 1. The maximum absolute atomic E-state index is 11.6. The molecule has 0 aromatic heterocycles. The van der Waals surface area contributed by atoms with Crippen LogP contribution in [0.1, 0.15) is 32.6 Å². The van der Waals surface area contributed by atoms with Gasteiger partial charge in [-0.25, -0.2) is 0 Å². The third-order valence-corrected chi connectivity index (χ3v) is 3.05. The largest absolute Gasteiger partial charge is 0.357 e. The van der Waals surface area contributed by atoms with Crippen LogP contribution in [-0.4, -0.2) is 48.8 Å². The van der Waals surface area contributed by atoms with Gasteiger partial charge in [-0.15, -0.1) is 0 Å². The Balaban J connectivity index is 2.28. The third kappa shape index (κ3) is 4.35. The number of hydrogen-bond donors (Lipinski definition) is 2. The van der Waals surface area contributed by atoms with E-state index in [1.165, 1.54) is 7.05 Å². The fourth-order valence-electron chi connectivity index (χ4n) is 1.93. The van der Waals surface area contributed by atoms with Crippen LogP contribution in [0.3, 0.4) is 0 Å². The molecule has 0 unspecified atom stereocenters. The van der Waals surface area contributed by atoms with Crippen LogP contribution >= 0.6 is 0 Å². The first-order valence-corrected chi connectivity index (χ1v) is 6.33. The van der Waals surface area contributed by atoms with Gasteiger partial charge in [0.1, 0.15) is 6.04 Å². The van der Waals surface area contributed by atoms with Gasteiger partial charge in [-0.3, -0.25) is 14.4 Å². The van der Waals surface area contributed by atoms with Gasteiger partial charge in [0, 0.05) is 33.0 Å². The lowest BCUT2D eigenvalue weighted by Gasteiger charge is -2.26. The Bertz CT molecular complexity index is 331. The SMILES string of the molecule is CNC(=O)[C@@H](C)NC(=O)CCN1CCCCC1=O. The number of amides is 3. The van der Waals surface area contributed by atoms with Crippen LogP contribution in [0, 0.1) is 0 Å². The Morgan fingerprint density at radius 1 is 1.39 bits per heavy atom. The van der Waals surface area contributed by atoms with Crippen molar-refractivity contribution in [1.29, 1.82) is 0 Å². The van der Waals surface area contributed by atoms with E-state index in [1.807, 2.05) is 0 Å². The predicted molar refractivity (Wildman–Crippen MR) is 66.7 cm³/mol. The maximum atomic E-state index is 11.6. The van der Waals surface area contributed by atoms with Crippen molar-refractivity contribution >= 4 is 17.7 Å². The molecule has 2 N–H and O–H groups in total. The molecule has 1 atom stereocenters. The van der Waals surface area contributed by atoms with E-state index in [0.29, 0.717) is 13.0 Å². The quantitative estimate of drug-likeness (QED) is 0.704. The highest BCUT2D eigenvalue weighted by molar-refractivity contribution is 5.87. The molecule has 1 fully saturated rings. The van der Waals surface area contributed by atoms with Crippen molar-refractivity contribution in [3.8, 4) is 0 Å². The summed E-state index contributed by atoms with van der Waals surface area (Å²) >= 11 is 0. The van der Waals surface area contributed by atoms with Crippen molar-refractivity contribution in [2.45, 2.75) is 38.6 Å². The average Bonchev–Trinajstić information content (AvgIpc) is 2.36. The smallest absolute Gasteiger partial charge is 0.242 e. The van der Waals surface area contributed by atoms with Crippen molar-refractivity contribution in [1.82, 2.24) is 15.5 Å². The molecule has 0 aromatic carbocycles. The first-order valence-electron chi connectivity index (χ1n) is 6.33. The van der Waals surface area contributed by atoms with Crippen LogP contribution in [0.5, 0.6) is 0 Å². The summed E-state index contributed by atoms with van der Waals surface area (Å²) in [6.07, 6.45) is 2.76. The van der Waals surface area contributed by atoms with Gasteiger partial charge in [0.2, 0.25) is 17.7 Å². The molecule has 1 saturated heterocycles. The Morgan fingerprint density at radius 2 is 2.11 bits per heavy atom. The average molecular weight is 255 g/mol. The van der Waals surface area contributed by atoms with Crippen molar-refractivity contribution < 1.29 is 14.4 Å². The number of rotatable bonds is 5. The number of carbonyl (C=O) groups excluding carboxylic acids is 3. The molecule has 1 rings (SSSR count). The van der Waals surface area contributed by atoms with Crippen molar-refractivity contribution in [3.63, 3.8) is 0 Å². The molecule has 6 nitrogen and oxygen atoms in total. The first kappa shape index (κ1) is 14.5. The molecule has 0 spiro atoms. The zero-order valence-corrected chi connectivity index (χ0v) is 11.0. The Morgan fingerprint density at radius 3 is 2.72 bits per heavy atom. The second kappa shape index (κ2) is 6.98. The lowest BCUT2D eigenvalue weighted by molar-refractivity contribution is -0.134. The summed E-state index contributed by atoms with van der Waals surface area (Å²) in [6, 6.07) is -0.542. The Kier molecular flexibility index (Phi) is 5.61. The fourth-order valence-corrected chi connectivity index (χ4v) is 1.93. The minimum Gasteiger partial charge on any atom is -0.357 e. The number of carbonyl (C=O) groups is 3. The standard InChI is InChI=1S/C12H21N3O3/c1-9(12(18)13-2)14-10(16)6-8-15-7-4-3-5-11(15)17/h9H,3-8H2,1-2H3,(H,13,18)(H,14,16)/t9-/m1/s1. The molecule has 3 amide bonds. The molecule has 0 aliphatic carbocycles. The first-order chi connectivity index (χ1) is 8.54. The number of nitrogens with one attached hydrogen (secondary N) is 2. The molecule has 1 heterocycles. The van der Waals surface area contributed by atoms with Gasteiger partial charge in [0.15, 0.2) is 0 Å². The molecule has 18 heavy (non-hydrogen) atoms. The van der Waals surface area contributed by atoms with E-state index in [1.54, 1.807) is 11.8 Å². The van der Waals surface area contributed by atoms with Crippen molar-refractivity contribution in [2.75, 3.05) is 20.1 Å². The van der Waals surface area contributed by atoms with E-state index >= 15 is 0 Å². The molecule has 0 bridgehead atoms. The zero-order chi connectivity index (χ0) is 13.5. The van der Waals surface area contributed by atoms with Crippen LogP contribution < -0.4 is 10.6 Å². The molecule has 0 saturated carbocycles. The summed E-state index contributed by atoms with van der Waals surface area (Å²) in [4.78, 5) is 36.0. The number of hydrogen-bond acceptors (Lipinski definition) is 3. The van der Waals surface area contributed by atoms with E-state index in [4.69, 9.17) is 0 Å². The highest BCUT2D eigenvalue weighted by Crippen LogP contribution is 2.10. The summed E-state index contributed by atoms with van der Waals surface area (Å²) in [5.74, 6) is -0.310. The minimum atomic E-state index is -0.542. The molecule has 1 aliphatic rings. The van der Waals surface area contributed by atoms with Gasteiger partial charge >= 0.3 is 0 Å². The second-order valence-electron chi connectivity index (χ2n) is 4.49. The van der Waals surface area contributed by atoms with Gasteiger partial charge in [-0.2, -0.15) is 0 Å². The third-order valence-electron chi connectivity index (χ3n) is 3.05. The highest BCUT2D eigenvalue weighted by Gasteiger charge is 2.19. The van der Waals surface area contributed by atoms with Gasteiger partial charge < -0.3 is 15.5 Å². The van der Waals surface area contributed by atoms with Crippen LogP contribution in [0.15, 0.2) is 0 Å². The summed E-state index contributed by atoms with van der Waals surface area (Å²) < 4.78 is 0. The van der Waals surface area contributed by atoms with Gasteiger partial charge in [0.25, 0.3) is 0 Å². The molecular formula is C12H21N3O3. The van der Waals surface area contributed by atoms with E-state index < -0.39 is 6.04 Å². The Labute approximate surface area is 107 Å². The van der Waals surface area contributed by atoms with E-state index in [2.05, 4.69) is 10.6 Å². The number of likely N-dealkylation sites (N-methyl/N-ethyl adjacent to an activating group) is 1. The summed E-state index contributed by atoms with van der Waals surface area (Å²) in [6.45, 7) is 2.80. The molecule has 6 heteroatoms. The van der Waals surface area contributed by atoms with Crippen LogP contribution in [0.2, 0.25) is 0 Å². The minimum absolute atomic E-state index is 0.119. The van der Waals surface area contributed by atoms with E-state index in [9.17, 15) is 14.4 Å². The van der Waals surface area contributed by atoms with E-state index in [0.717, 1.165) is 19.4 Å². The molecular weight excluding hydrogens is 234 g/mol. The van der Waals surface area contributed by atoms with Gasteiger partial charge in [0.05, 0.1) is 0 Å². The maximum Gasteiger partial charge on any atom is 0.242 e. The second-order valence-corrected chi connectivity index (χ2v) is 4.49. The van der Waals surface area contributed by atoms with Gasteiger partial charge in [-0.05, 0) is 19.8 Å². The highest BCUT2D eigenvalue weighted by atomic mass is 16.2. The van der Waals surface area contributed by atoms with Crippen LogP contribution in [0.4, 0.5) is 0 Å². The number of nitrogens with zero attached hydrogens (tertiary/aromatic N) is 1. The van der Waals surface area contributed by atoms with Gasteiger partial charge in [-0.1, -0.05) is 0 Å². The fraction of sp³-hybridized carbons (Fsp3) is 0.750. The topological polar surface area (TPSA) is 78.5 Å². The molecule has 0 radical (unpaired) electrons. The van der Waals surface area contributed by atoms with E-state index in [-0.39, 0.29) is 24.1 Å². The Hall–Kier alpha value is -1.59. The summed E-state index contributed by atoms with van der Waals surface area (Å²) in [7, 11) is 1.53. The molecule has 0 aromatic rings. The summed E-state index contributed by atoms with van der Waals surface area (Å²) in [5.41, 5.74) is 0.